The summed E-state index contributed by atoms with van der Waals surface area (Å²) in [6, 6.07) is 5.09. The van der Waals surface area contributed by atoms with Gasteiger partial charge in [-0.15, -0.1) is 0 Å². The maximum Gasteiger partial charge on any atom is 0.128 e. The van der Waals surface area contributed by atoms with E-state index >= 15 is 0 Å². The van der Waals surface area contributed by atoms with Gasteiger partial charge in [0.15, 0.2) is 0 Å². The predicted octanol–water partition coefficient (Wildman–Crippen LogP) is 5.28. The predicted molar refractivity (Wildman–Crippen MR) is 113 cm³/mol. The van der Waals surface area contributed by atoms with Gasteiger partial charge in [0.2, 0.25) is 0 Å². The lowest BCUT2D eigenvalue weighted by Crippen LogP contribution is -2.40. The zero-order valence-corrected chi connectivity index (χ0v) is 18.1. The topological polar surface area (TPSA) is 35.8 Å². The molecule has 0 bridgehead atoms. The maximum atomic E-state index is 10.9. The molecule has 0 amide bonds. The van der Waals surface area contributed by atoms with Crippen molar-refractivity contribution in [3.8, 4) is 5.75 Å². The quantitative estimate of drug-likeness (QED) is 0.746. The zero-order chi connectivity index (χ0) is 19.7. The van der Waals surface area contributed by atoms with Crippen LogP contribution in [0.5, 0.6) is 5.75 Å². The molecule has 0 heterocycles. The first kappa shape index (κ1) is 21.0. The molecule has 1 aliphatic carbocycles. The molecule has 1 fully saturated rings. The van der Waals surface area contributed by atoms with Gasteiger partial charge >= 0.3 is 0 Å². The average Bonchev–Trinajstić information content (AvgIpc) is 2.51. The maximum absolute atomic E-state index is 10.9. The number of phenols is 1. The molecule has 0 radical (unpaired) electrons. The van der Waals surface area contributed by atoms with Crippen molar-refractivity contribution >= 4 is 6.21 Å². The molecule has 2 rings (SSSR count). The fourth-order valence-electron chi connectivity index (χ4n) is 3.80. The number of aromatic hydroxyl groups is 1. The van der Waals surface area contributed by atoms with E-state index in [1.807, 2.05) is 6.21 Å². The Hall–Kier alpha value is -1.35. The van der Waals surface area contributed by atoms with Crippen LogP contribution >= 0.6 is 0 Å². The molecule has 2 atom stereocenters. The highest BCUT2D eigenvalue weighted by molar-refractivity contribution is 5.85. The molecular weight excluding hydrogens is 320 g/mol. The van der Waals surface area contributed by atoms with Crippen molar-refractivity contribution in [3.05, 3.63) is 28.8 Å². The number of aliphatic imine (C=N–C) groups is 1. The van der Waals surface area contributed by atoms with E-state index in [0.717, 1.165) is 17.5 Å². The van der Waals surface area contributed by atoms with Gasteiger partial charge in [-0.05, 0) is 49.4 Å². The first-order valence-corrected chi connectivity index (χ1v) is 9.99. The summed E-state index contributed by atoms with van der Waals surface area (Å²) in [6.45, 7) is 13.1. The molecule has 3 nitrogen and oxygen atoms in total. The molecule has 146 valence electrons. The smallest absolute Gasteiger partial charge is 0.128 e. The summed E-state index contributed by atoms with van der Waals surface area (Å²) >= 11 is 0. The third kappa shape index (κ3) is 4.88. The zero-order valence-electron chi connectivity index (χ0n) is 18.1. The number of benzene rings is 1. The summed E-state index contributed by atoms with van der Waals surface area (Å²) < 4.78 is 0. The largest absolute Gasteiger partial charge is 0.507 e. The molecule has 0 saturated heterocycles. The van der Waals surface area contributed by atoms with Crippen LogP contribution in [0.15, 0.2) is 17.1 Å². The van der Waals surface area contributed by atoms with Crippen LogP contribution in [0, 0.1) is 0 Å². The van der Waals surface area contributed by atoms with Gasteiger partial charge in [0, 0.05) is 23.4 Å². The van der Waals surface area contributed by atoms with Crippen molar-refractivity contribution in [2.75, 3.05) is 14.1 Å². The van der Waals surface area contributed by atoms with E-state index in [-0.39, 0.29) is 10.8 Å². The Bertz CT molecular complexity index is 647. The Morgan fingerprint density at radius 2 is 1.62 bits per heavy atom. The van der Waals surface area contributed by atoms with E-state index in [9.17, 15) is 5.11 Å². The Morgan fingerprint density at radius 3 is 2.15 bits per heavy atom. The van der Waals surface area contributed by atoms with Gasteiger partial charge in [0.25, 0.3) is 0 Å². The Kier molecular flexibility index (Phi) is 6.22. The van der Waals surface area contributed by atoms with Crippen LogP contribution in [-0.4, -0.2) is 42.4 Å². The van der Waals surface area contributed by atoms with Gasteiger partial charge in [0.05, 0.1) is 6.04 Å². The van der Waals surface area contributed by atoms with Crippen molar-refractivity contribution in [3.63, 3.8) is 0 Å². The van der Waals surface area contributed by atoms with Gasteiger partial charge in [-0.2, -0.15) is 0 Å². The second-order valence-corrected chi connectivity index (χ2v) is 10.1. The highest BCUT2D eigenvalue weighted by Crippen LogP contribution is 2.37. The van der Waals surface area contributed by atoms with Crippen LogP contribution in [0.1, 0.15) is 83.9 Å². The van der Waals surface area contributed by atoms with Crippen LogP contribution in [0.3, 0.4) is 0 Å². The Morgan fingerprint density at radius 1 is 1.00 bits per heavy atom. The van der Waals surface area contributed by atoms with E-state index in [2.05, 4.69) is 72.7 Å². The van der Waals surface area contributed by atoms with E-state index in [0.29, 0.717) is 17.8 Å². The van der Waals surface area contributed by atoms with Crippen LogP contribution in [0.25, 0.3) is 0 Å². The standard InChI is InChI=1S/C23H38N2O/c1-22(2,3)17-13-16(21(26)18(14-17)23(4,5)6)15-24-19-11-9-10-12-20(19)25(7)8/h13-15,19-20,26H,9-12H2,1-8H3/t19-,20-/m1/s1. The fourth-order valence-corrected chi connectivity index (χ4v) is 3.80. The third-order valence-corrected chi connectivity index (χ3v) is 5.58. The second-order valence-electron chi connectivity index (χ2n) is 10.1. The normalized spacial score (nSPS) is 22.3. The summed E-state index contributed by atoms with van der Waals surface area (Å²) in [6.07, 6.45) is 6.79. The summed E-state index contributed by atoms with van der Waals surface area (Å²) in [5, 5.41) is 10.9. The first-order valence-electron chi connectivity index (χ1n) is 9.99. The molecule has 1 N–H and O–H groups in total. The molecule has 26 heavy (non-hydrogen) atoms. The molecule has 1 aliphatic rings. The summed E-state index contributed by atoms with van der Waals surface area (Å²) in [5.41, 5.74) is 3.03. The summed E-state index contributed by atoms with van der Waals surface area (Å²) in [7, 11) is 4.29. The van der Waals surface area contributed by atoms with Gasteiger partial charge < -0.3 is 10.0 Å². The summed E-state index contributed by atoms with van der Waals surface area (Å²) in [4.78, 5) is 7.24. The van der Waals surface area contributed by atoms with Crippen LogP contribution in [0.4, 0.5) is 0 Å². The van der Waals surface area contributed by atoms with Crippen LogP contribution < -0.4 is 0 Å². The van der Waals surface area contributed by atoms with Gasteiger partial charge in [0.1, 0.15) is 5.75 Å². The van der Waals surface area contributed by atoms with Crippen molar-refractivity contribution < 1.29 is 5.11 Å². The van der Waals surface area contributed by atoms with E-state index < -0.39 is 0 Å². The monoisotopic (exact) mass is 358 g/mol. The lowest BCUT2D eigenvalue weighted by atomic mass is 9.79. The number of phenolic OH excluding ortho intramolecular Hbond substituents is 1. The molecule has 0 spiro atoms. The minimum absolute atomic E-state index is 0.0350. The lowest BCUT2D eigenvalue weighted by molar-refractivity contribution is 0.203. The van der Waals surface area contributed by atoms with Gasteiger partial charge in [-0.25, -0.2) is 0 Å². The van der Waals surface area contributed by atoms with E-state index in [1.54, 1.807) is 0 Å². The van der Waals surface area contributed by atoms with Crippen molar-refractivity contribution in [2.24, 2.45) is 4.99 Å². The molecule has 1 aromatic rings. The molecule has 0 aliphatic heterocycles. The molecule has 1 aromatic carbocycles. The minimum Gasteiger partial charge on any atom is -0.507 e. The highest BCUT2D eigenvalue weighted by Gasteiger charge is 2.27. The van der Waals surface area contributed by atoms with E-state index in [4.69, 9.17) is 4.99 Å². The van der Waals surface area contributed by atoms with Gasteiger partial charge in [-0.1, -0.05) is 60.5 Å². The average molecular weight is 359 g/mol. The first-order chi connectivity index (χ1) is 11.9. The molecule has 1 saturated carbocycles. The Balaban J connectivity index is 2.44. The molecule has 0 unspecified atom stereocenters. The van der Waals surface area contributed by atoms with Gasteiger partial charge in [-0.3, -0.25) is 4.99 Å². The lowest BCUT2D eigenvalue weighted by Gasteiger charge is -2.33. The number of rotatable bonds is 3. The number of hydrogen-bond acceptors (Lipinski definition) is 3. The summed E-state index contributed by atoms with van der Waals surface area (Å²) in [5.74, 6) is 0.381. The molecular formula is C23H38N2O. The second kappa shape index (κ2) is 7.72. The minimum atomic E-state index is -0.106. The molecule has 0 aromatic heterocycles. The number of hydrogen-bond donors (Lipinski definition) is 1. The van der Waals surface area contributed by atoms with Crippen molar-refractivity contribution in [1.29, 1.82) is 0 Å². The number of likely N-dealkylation sites (N-methyl/N-ethyl adjacent to an activating group) is 1. The third-order valence-electron chi connectivity index (χ3n) is 5.58. The number of nitrogens with zero attached hydrogens (tertiary/aromatic N) is 2. The SMILES string of the molecule is CN(C)[C@@H]1CCCC[C@H]1N=Cc1cc(C(C)(C)C)cc(C(C)(C)C)c1O. The van der Waals surface area contributed by atoms with Crippen molar-refractivity contribution in [1.82, 2.24) is 4.90 Å². The highest BCUT2D eigenvalue weighted by atomic mass is 16.3. The van der Waals surface area contributed by atoms with E-state index in [1.165, 1.54) is 24.8 Å². The fraction of sp³-hybridized carbons (Fsp3) is 0.696. The van der Waals surface area contributed by atoms with Crippen LogP contribution in [-0.2, 0) is 10.8 Å². The van der Waals surface area contributed by atoms with Crippen LogP contribution in [0.2, 0.25) is 0 Å². The molecule has 3 heteroatoms. The van der Waals surface area contributed by atoms with Crippen molar-refractivity contribution in [2.45, 2.75) is 90.1 Å². The Labute approximate surface area is 160 Å².